The molecule has 1 fully saturated rings. The molecule has 18 heteroatoms. The lowest BCUT2D eigenvalue weighted by Gasteiger charge is -2.26. The van der Waals surface area contributed by atoms with Crippen LogP contribution < -0.4 is 16.4 Å². The molecule has 1 rings (SSSR count). The largest absolute Gasteiger partial charge is 0.508 e. The Morgan fingerprint density at radius 2 is 1.57 bits per heavy atom. The van der Waals surface area contributed by atoms with E-state index < -0.39 is 54.0 Å². The van der Waals surface area contributed by atoms with Gasteiger partial charge in [0.05, 0.1) is 31.1 Å². The average Bonchev–Trinajstić information content (AvgIpc) is 3.45. The van der Waals surface area contributed by atoms with Gasteiger partial charge >= 0.3 is 30.2 Å². The maximum atomic E-state index is 12.2. The summed E-state index contributed by atoms with van der Waals surface area (Å²) >= 11 is 0. The number of carboxylic acids is 2. The van der Waals surface area contributed by atoms with Gasteiger partial charge in [-0.2, -0.15) is 0 Å². The predicted octanol–water partition coefficient (Wildman–Crippen LogP) is 1.54. The van der Waals surface area contributed by atoms with Gasteiger partial charge in [-0.3, -0.25) is 14.4 Å². The molecule has 1 aliphatic heterocycles. The van der Waals surface area contributed by atoms with Gasteiger partial charge in [-0.1, -0.05) is 21.6 Å². The minimum Gasteiger partial charge on any atom is -0.481 e. The van der Waals surface area contributed by atoms with Crippen molar-refractivity contribution >= 4 is 57.7 Å². The molecule has 0 spiro atoms. The van der Waals surface area contributed by atoms with Crippen LogP contribution in [0.15, 0.2) is 0 Å². The van der Waals surface area contributed by atoms with Gasteiger partial charge in [0.1, 0.15) is 25.9 Å². The van der Waals surface area contributed by atoms with E-state index in [0.29, 0.717) is 50.2 Å². The third-order valence-electron chi connectivity index (χ3n) is 6.16. The zero-order valence-corrected chi connectivity index (χ0v) is 26.4. The molecule has 1 aliphatic rings. The fourth-order valence-corrected chi connectivity index (χ4v) is 6.92. The molecule has 0 bridgehead atoms. The maximum absolute atomic E-state index is 12.2. The Balaban J connectivity index is 2.22. The monoisotopic (exact) mass is 669 g/mol. The van der Waals surface area contributed by atoms with E-state index in [-0.39, 0.29) is 51.8 Å². The average molecular weight is 670 g/mol. The highest BCUT2D eigenvalue weighted by Crippen LogP contribution is 2.43. The molecule has 252 valence electrons. The molecule has 0 aromatic rings. The highest BCUT2D eigenvalue weighted by molar-refractivity contribution is 8.77. The van der Waals surface area contributed by atoms with Gasteiger partial charge in [-0.05, 0) is 38.5 Å². The number of hydrogen-bond donors (Lipinski definition) is 5. The first-order valence-corrected chi connectivity index (χ1v) is 16.6. The number of carbonyl (C=O) groups excluding carboxylic acids is 4. The quantitative estimate of drug-likeness (QED) is 0.0449. The number of methoxy groups -OCH3 is 1. The smallest absolute Gasteiger partial charge is 0.481 e. The third kappa shape index (κ3) is 18.0. The number of carbonyl (C=O) groups is 6. The number of nitrogens with two attached hydrogens (primary N) is 1. The third-order valence-corrected chi connectivity index (χ3v) is 8.99. The molecular formula is C26H43N3O13S2. The second kappa shape index (κ2) is 22.5. The molecule has 44 heavy (non-hydrogen) atoms. The van der Waals surface area contributed by atoms with E-state index in [1.807, 2.05) is 0 Å². The summed E-state index contributed by atoms with van der Waals surface area (Å²) in [5.41, 5.74) is 5.20. The van der Waals surface area contributed by atoms with Crippen molar-refractivity contribution in [3.05, 3.63) is 0 Å². The summed E-state index contributed by atoms with van der Waals surface area (Å²) in [6.45, 7) is 0.994. The molecule has 0 saturated carbocycles. The Morgan fingerprint density at radius 1 is 0.864 bits per heavy atom. The van der Waals surface area contributed by atoms with Crippen LogP contribution in [0.5, 0.6) is 0 Å². The van der Waals surface area contributed by atoms with Gasteiger partial charge in [0.2, 0.25) is 5.91 Å². The number of amides is 2. The molecule has 2 unspecified atom stereocenters. The van der Waals surface area contributed by atoms with Crippen LogP contribution in [0.3, 0.4) is 0 Å². The normalized spacial score (nSPS) is 15.0. The summed E-state index contributed by atoms with van der Waals surface area (Å²) in [6, 6.07) is -2.62. The van der Waals surface area contributed by atoms with Gasteiger partial charge in [-0.15, -0.1) is 0 Å². The predicted molar refractivity (Wildman–Crippen MR) is 159 cm³/mol. The van der Waals surface area contributed by atoms with Crippen LogP contribution in [0.1, 0.15) is 51.4 Å². The molecule has 16 nitrogen and oxygen atoms in total. The topological polar surface area (TPSA) is 239 Å². The number of hydrogen-bond acceptors (Lipinski definition) is 14. The fourth-order valence-electron chi connectivity index (χ4n) is 3.59. The van der Waals surface area contributed by atoms with Crippen molar-refractivity contribution in [1.29, 1.82) is 0 Å². The number of esters is 1. The van der Waals surface area contributed by atoms with Crippen LogP contribution in [0.25, 0.3) is 0 Å². The molecule has 6 N–H and O–H groups in total. The fraction of sp³-hybridized carbons (Fsp3) is 0.769. The molecule has 0 aromatic heterocycles. The van der Waals surface area contributed by atoms with Crippen molar-refractivity contribution in [2.75, 3.05) is 58.2 Å². The van der Waals surface area contributed by atoms with Gasteiger partial charge in [0.25, 0.3) is 0 Å². The van der Waals surface area contributed by atoms with Crippen LogP contribution >= 0.6 is 21.6 Å². The Morgan fingerprint density at radius 3 is 2.23 bits per heavy atom. The van der Waals surface area contributed by atoms with E-state index in [1.54, 1.807) is 21.6 Å². The molecule has 0 aromatic carbocycles. The minimum atomic E-state index is -1.58. The minimum absolute atomic E-state index is 0.0155. The number of nitrogens with one attached hydrogen (secondary N) is 2. The Kier molecular flexibility index (Phi) is 20.0. The second-order valence-corrected chi connectivity index (χ2v) is 12.5. The van der Waals surface area contributed by atoms with Crippen LogP contribution in [0.2, 0.25) is 0 Å². The number of aliphatic carboxylic acids is 2. The Labute approximate surface area is 263 Å². The Bertz CT molecular complexity index is 935. The molecule has 0 aliphatic carbocycles. The van der Waals surface area contributed by atoms with E-state index in [2.05, 4.69) is 10.6 Å². The van der Waals surface area contributed by atoms with Crippen LogP contribution in [-0.4, -0.2) is 117 Å². The maximum Gasteiger partial charge on any atom is 0.508 e. The SMILES string of the molecule is COCCOC(=O)CCCCCOC(=O)OCC1(COC(=O)NCCCCC(N)C(=O)NC(CC(=O)O)C(=O)O)CSSC1. The summed E-state index contributed by atoms with van der Waals surface area (Å²) in [6.07, 6.45) is 0.965. The van der Waals surface area contributed by atoms with Crippen molar-refractivity contribution in [2.45, 2.75) is 63.5 Å². The van der Waals surface area contributed by atoms with Crippen LogP contribution in [-0.2, 0) is 42.9 Å². The molecule has 1 saturated heterocycles. The lowest BCUT2D eigenvalue weighted by Crippen LogP contribution is -2.49. The van der Waals surface area contributed by atoms with Crippen molar-refractivity contribution in [3.63, 3.8) is 0 Å². The molecular weight excluding hydrogens is 626 g/mol. The number of carboxylic acid groups (broad SMARTS) is 2. The molecule has 1 heterocycles. The van der Waals surface area contributed by atoms with Crippen molar-refractivity contribution in [3.8, 4) is 0 Å². The van der Waals surface area contributed by atoms with E-state index >= 15 is 0 Å². The summed E-state index contributed by atoms with van der Waals surface area (Å²) < 4.78 is 25.5. The standard InChI is InChI=1S/C26H43N3O13S2/c1-38-11-12-39-21(32)8-3-2-6-10-40-25(37)42-15-26(16-43-44-17-26)14-41-24(36)28-9-5-4-7-18(27)22(33)29-19(23(34)35)13-20(30)31/h18-19H,2-17,27H2,1H3,(H,28,36)(H,29,33)(H,30,31)(H,34,35). The van der Waals surface area contributed by atoms with Crippen molar-refractivity contribution in [1.82, 2.24) is 10.6 Å². The highest BCUT2D eigenvalue weighted by atomic mass is 33.1. The van der Waals surface area contributed by atoms with E-state index in [0.717, 1.165) is 0 Å². The van der Waals surface area contributed by atoms with E-state index in [4.69, 9.17) is 39.6 Å². The second-order valence-electron chi connectivity index (χ2n) is 10.0. The number of rotatable bonds is 23. The summed E-state index contributed by atoms with van der Waals surface area (Å²) in [5.74, 6) is -2.71. The van der Waals surface area contributed by atoms with Gasteiger partial charge in [0.15, 0.2) is 0 Å². The van der Waals surface area contributed by atoms with Crippen molar-refractivity contribution in [2.24, 2.45) is 11.1 Å². The first-order chi connectivity index (χ1) is 21.0. The van der Waals surface area contributed by atoms with Crippen molar-refractivity contribution < 1.29 is 62.7 Å². The molecule has 0 radical (unpaired) electrons. The zero-order valence-electron chi connectivity index (χ0n) is 24.7. The number of alkyl carbamates (subject to hydrolysis) is 1. The molecule has 2 amide bonds. The van der Waals surface area contributed by atoms with Gasteiger partial charge in [0, 0.05) is 31.6 Å². The summed E-state index contributed by atoms with van der Waals surface area (Å²) in [5, 5.41) is 22.5. The van der Waals surface area contributed by atoms with Crippen LogP contribution in [0.4, 0.5) is 9.59 Å². The van der Waals surface area contributed by atoms with Crippen LogP contribution in [0, 0.1) is 5.41 Å². The summed E-state index contributed by atoms with van der Waals surface area (Å²) in [7, 11) is 4.68. The van der Waals surface area contributed by atoms with Gasteiger partial charge in [-0.25, -0.2) is 14.4 Å². The zero-order chi connectivity index (χ0) is 32.8. The highest BCUT2D eigenvalue weighted by Gasteiger charge is 2.38. The first-order valence-electron chi connectivity index (χ1n) is 14.1. The van der Waals surface area contributed by atoms with E-state index in [9.17, 15) is 28.8 Å². The molecule has 2 atom stereocenters. The lowest BCUT2D eigenvalue weighted by atomic mass is 9.95. The summed E-state index contributed by atoms with van der Waals surface area (Å²) in [4.78, 5) is 69.6. The van der Waals surface area contributed by atoms with E-state index in [1.165, 1.54) is 7.11 Å². The Hall–Kier alpha value is -2.96. The lowest BCUT2D eigenvalue weighted by molar-refractivity contribution is -0.147. The first kappa shape index (κ1) is 39.1. The number of unbranched alkanes of at least 4 members (excludes halogenated alkanes) is 3. The number of ether oxygens (including phenoxy) is 5. The van der Waals surface area contributed by atoms with Gasteiger partial charge < -0.3 is 50.3 Å².